The Morgan fingerprint density at radius 1 is 0.362 bits per heavy atom. The van der Waals surface area contributed by atoms with Gasteiger partial charge in [0, 0.05) is 49.6 Å². The number of nitrogens with zero attached hydrogens (tertiary/aromatic N) is 2. The highest BCUT2D eigenvalue weighted by molar-refractivity contribution is 6.18. The summed E-state index contributed by atoms with van der Waals surface area (Å²) < 4.78 is 15.7. The van der Waals surface area contributed by atoms with Crippen molar-refractivity contribution in [3.63, 3.8) is 0 Å². The second-order valence-corrected chi connectivity index (χ2v) is 14.9. The smallest absolute Gasteiger partial charge is 0.145 e. The fourth-order valence-corrected chi connectivity index (χ4v) is 8.94. The minimum Gasteiger partial charge on any atom is -0.456 e. The van der Waals surface area contributed by atoms with E-state index in [1.54, 1.807) is 0 Å². The molecule has 3 aromatic heterocycles. The van der Waals surface area contributed by atoms with Gasteiger partial charge in [-0.05, 0) is 95.6 Å². The highest BCUT2D eigenvalue weighted by Gasteiger charge is 2.24. The summed E-state index contributed by atoms with van der Waals surface area (Å²) in [6, 6.07) is 73.2. The molecule has 0 aliphatic rings. The fourth-order valence-electron chi connectivity index (χ4n) is 8.94. The van der Waals surface area contributed by atoms with Gasteiger partial charge in [0.2, 0.25) is 0 Å². The van der Waals surface area contributed by atoms with Gasteiger partial charge in [0.25, 0.3) is 0 Å². The zero-order valence-electron chi connectivity index (χ0n) is 31.3. The molecular formula is C54H34N2O2. The van der Waals surface area contributed by atoms with Crippen molar-refractivity contribution in [3.8, 4) is 27.9 Å². The van der Waals surface area contributed by atoms with Crippen molar-refractivity contribution >= 4 is 82.7 Å². The molecule has 58 heavy (non-hydrogen) atoms. The fraction of sp³-hybridized carbons (Fsp3) is 0. The van der Waals surface area contributed by atoms with Crippen LogP contribution in [-0.4, -0.2) is 4.57 Å². The number of aromatic nitrogens is 1. The maximum absolute atomic E-state index is 6.81. The predicted octanol–water partition coefficient (Wildman–Crippen LogP) is 15.4. The van der Waals surface area contributed by atoms with Crippen LogP contribution in [0, 0.1) is 0 Å². The number of hydrogen-bond acceptors (Lipinski definition) is 3. The van der Waals surface area contributed by atoms with Crippen LogP contribution in [0.2, 0.25) is 0 Å². The van der Waals surface area contributed by atoms with Crippen molar-refractivity contribution in [2.75, 3.05) is 4.90 Å². The zero-order valence-corrected chi connectivity index (χ0v) is 31.3. The minimum absolute atomic E-state index is 0.849. The van der Waals surface area contributed by atoms with Crippen LogP contribution in [0.1, 0.15) is 0 Å². The quantitative estimate of drug-likeness (QED) is 0.170. The largest absolute Gasteiger partial charge is 0.456 e. The number of benzene rings is 9. The van der Waals surface area contributed by atoms with Crippen LogP contribution >= 0.6 is 0 Å². The number of rotatable bonds is 6. The number of fused-ring (bicyclic) bond motifs is 9. The molecule has 0 spiro atoms. The van der Waals surface area contributed by atoms with E-state index in [0.717, 1.165) is 88.8 Å². The van der Waals surface area contributed by atoms with E-state index in [-0.39, 0.29) is 0 Å². The first-order valence-electron chi connectivity index (χ1n) is 19.7. The van der Waals surface area contributed by atoms with Crippen LogP contribution in [0.25, 0.3) is 93.6 Å². The Morgan fingerprint density at radius 3 is 1.78 bits per heavy atom. The molecule has 0 aliphatic carbocycles. The molecule has 0 amide bonds. The molecule has 0 atom stereocenters. The zero-order chi connectivity index (χ0) is 38.2. The molecule has 0 aliphatic heterocycles. The summed E-state index contributed by atoms with van der Waals surface area (Å²) >= 11 is 0. The van der Waals surface area contributed by atoms with Gasteiger partial charge in [-0.15, -0.1) is 0 Å². The average molecular weight is 743 g/mol. The molecule has 0 radical (unpaired) electrons. The lowest BCUT2D eigenvalue weighted by atomic mass is 9.99. The van der Waals surface area contributed by atoms with Crippen molar-refractivity contribution in [2.45, 2.75) is 0 Å². The molecule has 12 aromatic rings. The Morgan fingerprint density at radius 2 is 0.966 bits per heavy atom. The highest BCUT2D eigenvalue weighted by Crippen LogP contribution is 2.48. The van der Waals surface area contributed by atoms with E-state index in [9.17, 15) is 0 Å². The van der Waals surface area contributed by atoms with Crippen LogP contribution in [0.3, 0.4) is 0 Å². The number of furan rings is 2. The van der Waals surface area contributed by atoms with Gasteiger partial charge in [0.15, 0.2) is 0 Å². The first-order valence-corrected chi connectivity index (χ1v) is 19.7. The van der Waals surface area contributed by atoms with Crippen molar-refractivity contribution in [1.82, 2.24) is 4.57 Å². The molecule has 0 N–H and O–H groups in total. The molecule has 12 rings (SSSR count). The molecule has 0 saturated carbocycles. The second kappa shape index (κ2) is 12.9. The summed E-state index contributed by atoms with van der Waals surface area (Å²) in [6.45, 7) is 0. The summed E-state index contributed by atoms with van der Waals surface area (Å²) in [6.07, 6.45) is 0. The summed E-state index contributed by atoms with van der Waals surface area (Å²) in [5.74, 6) is 0. The van der Waals surface area contributed by atoms with Crippen molar-refractivity contribution in [3.05, 3.63) is 206 Å². The van der Waals surface area contributed by atoms with Gasteiger partial charge >= 0.3 is 0 Å². The van der Waals surface area contributed by atoms with Gasteiger partial charge in [-0.3, -0.25) is 0 Å². The molecule has 9 aromatic carbocycles. The Kier molecular flexibility index (Phi) is 7.20. The normalized spacial score (nSPS) is 11.8. The van der Waals surface area contributed by atoms with Crippen LogP contribution in [0.5, 0.6) is 0 Å². The molecule has 272 valence electrons. The topological polar surface area (TPSA) is 34.5 Å². The summed E-state index contributed by atoms with van der Waals surface area (Å²) in [5.41, 5.74) is 14.4. The van der Waals surface area contributed by atoms with Gasteiger partial charge in [-0.1, -0.05) is 127 Å². The highest BCUT2D eigenvalue weighted by atomic mass is 16.3. The monoisotopic (exact) mass is 742 g/mol. The molecule has 3 heterocycles. The van der Waals surface area contributed by atoms with Crippen molar-refractivity contribution < 1.29 is 8.83 Å². The molecule has 0 fully saturated rings. The van der Waals surface area contributed by atoms with Gasteiger partial charge in [-0.2, -0.15) is 0 Å². The summed E-state index contributed by atoms with van der Waals surface area (Å²) in [4.78, 5) is 2.39. The van der Waals surface area contributed by atoms with E-state index in [4.69, 9.17) is 8.83 Å². The van der Waals surface area contributed by atoms with Crippen LogP contribution < -0.4 is 4.90 Å². The van der Waals surface area contributed by atoms with E-state index >= 15 is 0 Å². The number of para-hydroxylation sites is 3. The van der Waals surface area contributed by atoms with Crippen LogP contribution in [0.4, 0.5) is 17.1 Å². The Bertz CT molecular complexity index is 3500. The van der Waals surface area contributed by atoms with Gasteiger partial charge in [-0.25, -0.2) is 0 Å². The van der Waals surface area contributed by atoms with E-state index in [1.807, 2.05) is 6.07 Å². The van der Waals surface area contributed by atoms with E-state index in [0.29, 0.717) is 0 Å². The molecule has 0 bridgehead atoms. The van der Waals surface area contributed by atoms with E-state index in [2.05, 4.69) is 210 Å². The third kappa shape index (κ3) is 5.02. The number of hydrogen-bond donors (Lipinski definition) is 0. The Balaban J connectivity index is 1.16. The van der Waals surface area contributed by atoms with E-state index < -0.39 is 0 Å². The lowest BCUT2D eigenvalue weighted by Gasteiger charge is -2.27. The Labute approximate surface area is 334 Å². The third-order valence-corrected chi connectivity index (χ3v) is 11.6. The van der Waals surface area contributed by atoms with Gasteiger partial charge < -0.3 is 18.3 Å². The lowest BCUT2D eigenvalue weighted by molar-refractivity contribution is 0.669. The number of anilines is 3. The summed E-state index contributed by atoms with van der Waals surface area (Å²) in [5, 5.41) is 6.68. The van der Waals surface area contributed by atoms with Crippen molar-refractivity contribution in [2.24, 2.45) is 0 Å². The minimum atomic E-state index is 0.849. The van der Waals surface area contributed by atoms with Crippen molar-refractivity contribution in [1.29, 1.82) is 0 Å². The maximum atomic E-state index is 6.81. The SMILES string of the molecule is c1ccc(-c2ccc3oc4ccc(N(c5ccc6c7ccccc7n(-c7ccccc7)c6c5)c5ccc(-c6ccccc6)c6oc7ccccc7c56)cc4c3c2)cc1. The molecular weight excluding hydrogens is 709 g/mol. The van der Waals surface area contributed by atoms with E-state index in [1.165, 1.54) is 21.9 Å². The molecule has 4 heteroatoms. The second-order valence-electron chi connectivity index (χ2n) is 14.9. The molecule has 0 unspecified atom stereocenters. The maximum Gasteiger partial charge on any atom is 0.145 e. The average Bonchev–Trinajstić information content (AvgIpc) is 3.97. The van der Waals surface area contributed by atoms with Crippen LogP contribution in [-0.2, 0) is 0 Å². The Hall–Kier alpha value is -7.82. The molecule has 4 nitrogen and oxygen atoms in total. The summed E-state index contributed by atoms with van der Waals surface area (Å²) in [7, 11) is 0. The van der Waals surface area contributed by atoms with Crippen LogP contribution in [0.15, 0.2) is 215 Å². The first-order chi connectivity index (χ1) is 28.8. The van der Waals surface area contributed by atoms with Gasteiger partial charge in [0.05, 0.1) is 22.1 Å². The lowest BCUT2D eigenvalue weighted by Crippen LogP contribution is -2.10. The molecule has 0 saturated heterocycles. The van der Waals surface area contributed by atoms with Gasteiger partial charge in [0.1, 0.15) is 22.3 Å². The predicted molar refractivity (Wildman–Crippen MR) is 241 cm³/mol. The standard InChI is InChI=1S/C54H34N2O2/c1-4-14-35(15-5-1)37-24-30-51-45(32-37)46-33-39(26-31-52(46)57-51)55(40-25-27-43-42-20-10-12-22-47(42)56(49(43)34-40)38-18-8-3-9-19-38)48-29-28-41(36-16-6-2-7-17-36)54-53(48)44-21-11-13-23-50(44)58-54/h1-34H. The third-order valence-electron chi connectivity index (χ3n) is 11.6. The first kappa shape index (κ1) is 32.4.